The zero-order valence-electron chi connectivity index (χ0n) is 8.76. The molecule has 0 saturated heterocycles. The van der Waals surface area contributed by atoms with Gasteiger partial charge in [0.2, 0.25) is 0 Å². The van der Waals surface area contributed by atoms with Crippen LogP contribution in [0.2, 0.25) is 5.02 Å². The minimum Gasteiger partial charge on any atom is -0.330 e. The smallest absolute Gasteiger partial charge is 0.142 e. The second kappa shape index (κ2) is 6.05. The summed E-state index contributed by atoms with van der Waals surface area (Å²) >= 11 is 5.81. The van der Waals surface area contributed by atoms with E-state index in [0.717, 1.165) is 12.0 Å². The molecule has 0 aliphatic carbocycles. The lowest BCUT2D eigenvalue weighted by Gasteiger charge is -2.13. The van der Waals surface area contributed by atoms with Gasteiger partial charge in [0.15, 0.2) is 0 Å². The molecule has 1 atom stereocenters. The van der Waals surface area contributed by atoms with Crippen LogP contribution in [-0.2, 0) is 6.54 Å². The molecule has 0 aromatic heterocycles. The normalized spacial score (nSPS) is 12.8. The van der Waals surface area contributed by atoms with Crippen LogP contribution in [0.4, 0.5) is 4.39 Å². The second-order valence-electron chi connectivity index (χ2n) is 3.57. The van der Waals surface area contributed by atoms with Crippen LogP contribution in [0.25, 0.3) is 0 Å². The van der Waals surface area contributed by atoms with E-state index >= 15 is 0 Å². The van der Waals surface area contributed by atoms with Crippen LogP contribution in [0.3, 0.4) is 0 Å². The number of nitrogens with one attached hydrogen (secondary N) is 1. The third-order valence-corrected chi connectivity index (χ3v) is 2.70. The van der Waals surface area contributed by atoms with Crippen molar-refractivity contribution in [1.29, 1.82) is 0 Å². The highest BCUT2D eigenvalue weighted by Crippen LogP contribution is 2.19. The van der Waals surface area contributed by atoms with E-state index in [0.29, 0.717) is 19.1 Å². The molecule has 84 valence electrons. The molecule has 2 nitrogen and oxygen atoms in total. The summed E-state index contributed by atoms with van der Waals surface area (Å²) in [6.45, 7) is 3.25. The summed E-state index contributed by atoms with van der Waals surface area (Å²) in [5.41, 5.74) is 6.20. The average Bonchev–Trinajstić information content (AvgIpc) is 2.21. The van der Waals surface area contributed by atoms with Crippen LogP contribution in [0.1, 0.15) is 18.9 Å². The van der Waals surface area contributed by atoms with Gasteiger partial charge in [0, 0.05) is 12.6 Å². The van der Waals surface area contributed by atoms with Gasteiger partial charge in [0.1, 0.15) is 5.82 Å². The van der Waals surface area contributed by atoms with Crippen molar-refractivity contribution in [3.05, 3.63) is 34.6 Å². The maximum atomic E-state index is 13.1. The zero-order valence-corrected chi connectivity index (χ0v) is 9.52. The van der Waals surface area contributed by atoms with Gasteiger partial charge in [0.05, 0.1) is 5.02 Å². The second-order valence-corrected chi connectivity index (χ2v) is 3.95. The Balaban J connectivity index is 2.54. The van der Waals surface area contributed by atoms with Gasteiger partial charge < -0.3 is 11.1 Å². The van der Waals surface area contributed by atoms with Gasteiger partial charge >= 0.3 is 0 Å². The van der Waals surface area contributed by atoms with E-state index in [-0.39, 0.29) is 10.8 Å². The molecule has 0 spiro atoms. The van der Waals surface area contributed by atoms with Crippen molar-refractivity contribution in [1.82, 2.24) is 5.32 Å². The minimum atomic E-state index is -0.373. The molecule has 0 radical (unpaired) electrons. The fourth-order valence-electron chi connectivity index (χ4n) is 1.32. The highest BCUT2D eigenvalue weighted by molar-refractivity contribution is 6.31. The average molecular weight is 231 g/mol. The number of halogens is 2. The number of hydrogen-bond acceptors (Lipinski definition) is 2. The van der Waals surface area contributed by atoms with Gasteiger partial charge in [-0.15, -0.1) is 0 Å². The SMILES string of the molecule is CC(CCN)NCc1cccc(F)c1Cl. The lowest BCUT2D eigenvalue weighted by molar-refractivity contribution is 0.518. The summed E-state index contributed by atoms with van der Waals surface area (Å²) in [6.07, 6.45) is 0.896. The molecule has 0 bridgehead atoms. The minimum absolute atomic E-state index is 0.199. The van der Waals surface area contributed by atoms with E-state index in [1.165, 1.54) is 6.07 Å². The first-order valence-electron chi connectivity index (χ1n) is 5.01. The molecule has 1 aromatic rings. The molecule has 15 heavy (non-hydrogen) atoms. The van der Waals surface area contributed by atoms with Gasteiger partial charge in [-0.2, -0.15) is 0 Å². The molecule has 0 amide bonds. The Labute approximate surface area is 94.6 Å². The fourth-order valence-corrected chi connectivity index (χ4v) is 1.51. The molecule has 3 N–H and O–H groups in total. The monoisotopic (exact) mass is 230 g/mol. The van der Waals surface area contributed by atoms with Gasteiger partial charge in [-0.05, 0) is 31.5 Å². The topological polar surface area (TPSA) is 38.0 Å². The number of hydrogen-bond donors (Lipinski definition) is 2. The molecule has 0 aliphatic rings. The van der Waals surface area contributed by atoms with Crippen LogP contribution in [0.5, 0.6) is 0 Å². The molecule has 4 heteroatoms. The quantitative estimate of drug-likeness (QED) is 0.815. The standard InChI is InChI=1S/C11H16ClFN2/c1-8(5-6-14)15-7-9-3-2-4-10(13)11(9)12/h2-4,8,15H,5-7,14H2,1H3. The predicted octanol–water partition coefficient (Wildman–Crippen LogP) is 2.31. The Bertz CT molecular complexity index is 317. The fraction of sp³-hybridized carbons (Fsp3) is 0.455. The summed E-state index contributed by atoms with van der Waals surface area (Å²) in [5.74, 6) is -0.373. The lowest BCUT2D eigenvalue weighted by atomic mass is 10.2. The van der Waals surface area contributed by atoms with Crippen molar-refractivity contribution in [2.24, 2.45) is 5.73 Å². The molecule has 0 heterocycles. The molecule has 0 fully saturated rings. The van der Waals surface area contributed by atoms with E-state index in [1.807, 2.05) is 13.0 Å². The van der Waals surface area contributed by atoms with Crippen molar-refractivity contribution in [3.8, 4) is 0 Å². The molecule has 0 aliphatic heterocycles. The van der Waals surface area contributed by atoms with Crippen LogP contribution in [0.15, 0.2) is 18.2 Å². The summed E-state index contributed by atoms with van der Waals surface area (Å²) in [5, 5.41) is 3.44. The Morgan fingerprint density at radius 3 is 2.93 bits per heavy atom. The van der Waals surface area contributed by atoms with Crippen LogP contribution in [-0.4, -0.2) is 12.6 Å². The van der Waals surface area contributed by atoms with Crippen molar-refractivity contribution in [3.63, 3.8) is 0 Å². The zero-order chi connectivity index (χ0) is 11.3. The molecule has 1 rings (SSSR count). The largest absolute Gasteiger partial charge is 0.330 e. The third-order valence-electron chi connectivity index (χ3n) is 2.27. The van der Waals surface area contributed by atoms with E-state index in [2.05, 4.69) is 5.32 Å². The third kappa shape index (κ3) is 3.78. The summed E-state index contributed by atoms with van der Waals surface area (Å²) in [4.78, 5) is 0. The van der Waals surface area contributed by atoms with E-state index in [9.17, 15) is 4.39 Å². The highest BCUT2D eigenvalue weighted by atomic mass is 35.5. The van der Waals surface area contributed by atoms with Crippen molar-refractivity contribution in [2.75, 3.05) is 6.54 Å². The highest BCUT2D eigenvalue weighted by Gasteiger charge is 2.06. The van der Waals surface area contributed by atoms with Crippen LogP contribution < -0.4 is 11.1 Å². The Kier molecular flexibility index (Phi) is 5.02. The predicted molar refractivity (Wildman–Crippen MR) is 61.4 cm³/mol. The Morgan fingerprint density at radius 2 is 2.27 bits per heavy atom. The Hall–Kier alpha value is -0.640. The summed E-state index contributed by atoms with van der Waals surface area (Å²) < 4.78 is 13.1. The molecule has 1 aromatic carbocycles. The van der Waals surface area contributed by atoms with E-state index in [4.69, 9.17) is 17.3 Å². The van der Waals surface area contributed by atoms with Crippen molar-refractivity contribution in [2.45, 2.75) is 25.9 Å². The lowest BCUT2D eigenvalue weighted by Crippen LogP contribution is -2.27. The Morgan fingerprint density at radius 1 is 1.53 bits per heavy atom. The van der Waals surface area contributed by atoms with Crippen LogP contribution in [0, 0.1) is 5.82 Å². The number of benzene rings is 1. The molecular weight excluding hydrogens is 215 g/mol. The van der Waals surface area contributed by atoms with Crippen molar-refractivity contribution >= 4 is 11.6 Å². The summed E-state index contributed by atoms with van der Waals surface area (Å²) in [6, 6.07) is 5.14. The maximum Gasteiger partial charge on any atom is 0.142 e. The van der Waals surface area contributed by atoms with Gasteiger partial charge in [-0.1, -0.05) is 23.7 Å². The van der Waals surface area contributed by atoms with Gasteiger partial charge in [-0.3, -0.25) is 0 Å². The van der Waals surface area contributed by atoms with Gasteiger partial charge in [-0.25, -0.2) is 4.39 Å². The number of rotatable bonds is 5. The molecule has 1 unspecified atom stereocenters. The first-order valence-corrected chi connectivity index (χ1v) is 5.39. The van der Waals surface area contributed by atoms with E-state index in [1.54, 1.807) is 6.07 Å². The maximum absolute atomic E-state index is 13.1. The van der Waals surface area contributed by atoms with Gasteiger partial charge in [0.25, 0.3) is 0 Å². The first kappa shape index (κ1) is 12.4. The van der Waals surface area contributed by atoms with Crippen LogP contribution >= 0.6 is 11.6 Å². The molecular formula is C11H16ClFN2. The molecule has 0 saturated carbocycles. The van der Waals surface area contributed by atoms with E-state index < -0.39 is 0 Å². The van der Waals surface area contributed by atoms with Crippen molar-refractivity contribution < 1.29 is 4.39 Å². The summed E-state index contributed by atoms with van der Waals surface area (Å²) in [7, 11) is 0. The first-order chi connectivity index (χ1) is 7.15. The number of nitrogens with two attached hydrogens (primary N) is 1.